The van der Waals surface area contributed by atoms with Gasteiger partial charge in [-0.15, -0.1) is 0 Å². The molecule has 4 rings (SSSR count). The van der Waals surface area contributed by atoms with Crippen LogP contribution in [0.15, 0.2) is 54.6 Å². The van der Waals surface area contributed by atoms with Crippen LogP contribution in [0.5, 0.6) is 0 Å². The smallest absolute Gasteiger partial charge is 0.226 e. The van der Waals surface area contributed by atoms with E-state index in [-0.39, 0.29) is 12.0 Å². The molecule has 4 nitrogen and oxygen atoms in total. The standard InChI is InChI=1S/C30H42N2O2/c1-3-24-10-12-26(13-11-24)23-31-18-14-27(15-19-31)29(22-25-8-6-5-7-9-25)32(4-2)30(33)28-16-20-34-21-17-28/h5-13,27-29H,3-4,14-23H2,1-2H3. The molecule has 34 heavy (non-hydrogen) atoms. The fraction of sp³-hybridized carbons (Fsp3) is 0.567. The molecule has 2 heterocycles. The molecule has 0 N–H and O–H groups in total. The van der Waals surface area contributed by atoms with Gasteiger partial charge in [0.25, 0.3) is 0 Å². The van der Waals surface area contributed by atoms with Crippen molar-refractivity contribution in [1.29, 1.82) is 0 Å². The van der Waals surface area contributed by atoms with Crippen LogP contribution in [0, 0.1) is 11.8 Å². The number of aryl methyl sites for hydroxylation is 1. The van der Waals surface area contributed by atoms with Gasteiger partial charge in [-0.2, -0.15) is 0 Å². The van der Waals surface area contributed by atoms with E-state index >= 15 is 0 Å². The lowest BCUT2D eigenvalue weighted by Crippen LogP contribution is -2.51. The molecule has 0 saturated carbocycles. The molecule has 2 aromatic carbocycles. The molecule has 1 unspecified atom stereocenters. The van der Waals surface area contributed by atoms with Gasteiger partial charge in [0.1, 0.15) is 0 Å². The molecule has 2 saturated heterocycles. The lowest BCUT2D eigenvalue weighted by atomic mass is 9.83. The summed E-state index contributed by atoms with van der Waals surface area (Å²) in [6.45, 7) is 9.82. The van der Waals surface area contributed by atoms with E-state index in [4.69, 9.17) is 4.74 Å². The Kier molecular flexibility index (Phi) is 9.18. The van der Waals surface area contributed by atoms with Crippen molar-refractivity contribution in [2.24, 2.45) is 11.8 Å². The Morgan fingerprint density at radius 1 is 0.912 bits per heavy atom. The van der Waals surface area contributed by atoms with E-state index in [0.29, 0.717) is 11.8 Å². The summed E-state index contributed by atoms with van der Waals surface area (Å²) < 4.78 is 5.53. The second-order valence-corrected chi connectivity index (χ2v) is 10.1. The van der Waals surface area contributed by atoms with Crippen molar-refractivity contribution in [3.05, 3.63) is 71.3 Å². The summed E-state index contributed by atoms with van der Waals surface area (Å²) in [5.74, 6) is 1.02. The molecule has 0 spiro atoms. The first kappa shape index (κ1) is 24.9. The Bertz CT molecular complexity index is 868. The number of benzene rings is 2. The maximum Gasteiger partial charge on any atom is 0.226 e. The summed E-state index contributed by atoms with van der Waals surface area (Å²) in [7, 11) is 0. The number of nitrogens with zero attached hydrogens (tertiary/aromatic N) is 2. The van der Waals surface area contributed by atoms with Gasteiger partial charge in [-0.1, -0.05) is 61.5 Å². The van der Waals surface area contributed by atoms with Gasteiger partial charge in [0.15, 0.2) is 0 Å². The van der Waals surface area contributed by atoms with Gasteiger partial charge in [0.05, 0.1) is 0 Å². The number of hydrogen-bond donors (Lipinski definition) is 0. The average Bonchev–Trinajstić information content (AvgIpc) is 2.90. The average molecular weight is 463 g/mol. The Balaban J connectivity index is 1.43. The zero-order valence-corrected chi connectivity index (χ0v) is 21.1. The quantitative estimate of drug-likeness (QED) is 0.504. The Morgan fingerprint density at radius 3 is 2.18 bits per heavy atom. The summed E-state index contributed by atoms with van der Waals surface area (Å²) in [5, 5.41) is 0. The Hall–Kier alpha value is -2.17. The van der Waals surface area contributed by atoms with E-state index in [1.54, 1.807) is 0 Å². The normalized spacial score (nSPS) is 19.1. The lowest BCUT2D eigenvalue weighted by Gasteiger charge is -2.42. The van der Waals surface area contributed by atoms with Crippen LogP contribution in [0.3, 0.4) is 0 Å². The predicted octanol–water partition coefficient (Wildman–Crippen LogP) is 5.35. The Morgan fingerprint density at radius 2 is 1.56 bits per heavy atom. The first-order valence-electron chi connectivity index (χ1n) is 13.4. The van der Waals surface area contributed by atoms with Crippen LogP contribution in [-0.2, 0) is 28.9 Å². The van der Waals surface area contributed by atoms with Gasteiger partial charge >= 0.3 is 0 Å². The predicted molar refractivity (Wildman–Crippen MR) is 139 cm³/mol. The lowest BCUT2D eigenvalue weighted by molar-refractivity contribution is -0.142. The van der Waals surface area contributed by atoms with Crippen LogP contribution in [0.2, 0.25) is 0 Å². The van der Waals surface area contributed by atoms with Gasteiger partial charge in [0, 0.05) is 38.3 Å². The van der Waals surface area contributed by atoms with Gasteiger partial charge in [-0.05, 0) is 81.1 Å². The van der Waals surface area contributed by atoms with Crippen molar-refractivity contribution >= 4 is 5.91 Å². The summed E-state index contributed by atoms with van der Waals surface area (Å²) >= 11 is 0. The van der Waals surface area contributed by atoms with Crippen molar-refractivity contribution in [2.45, 2.75) is 65.0 Å². The summed E-state index contributed by atoms with van der Waals surface area (Å²) in [4.78, 5) is 18.4. The highest BCUT2D eigenvalue weighted by molar-refractivity contribution is 5.79. The molecular formula is C30H42N2O2. The number of carbonyl (C=O) groups is 1. The minimum Gasteiger partial charge on any atom is -0.381 e. The molecule has 1 amide bonds. The first-order valence-corrected chi connectivity index (χ1v) is 13.4. The molecule has 1 atom stereocenters. The van der Waals surface area contributed by atoms with Gasteiger partial charge in [-0.3, -0.25) is 9.69 Å². The van der Waals surface area contributed by atoms with E-state index in [1.165, 1.54) is 16.7 Å². The van der Waals surface area contributed by atoms with E-state index in [9.17, 15) is 4.79 Å². The van der Waals surface area contributed by atoms with Crippen LogP contribution in [-0.4, -0.2) is 54.6 Å². The van der Waals surface area contributed by atoms with Gasteiger partial charge in [-0.25, -0.2) is 0 Å². The molecule has 0 bridgehead atoms. The third-order valence-electron chi connectivity index (χ3n) is 7.90. The second-order valence-electron chi connectivity index (χ2n) is 10.1. The number of likely N-dealkylation sites (N-methyl/N-ethyl adjacent to an activating group) is 1. The van der Waals surface area contributed by atoms with Crippen LogP contribution in [0.25, 0.3) is 0 Å². The largest absolute Gasteiger partial charge is 0.381 e. The highest BCUT2D eigenvalue weighted by atomic mass is 16.5. The number of likely N-dealkylation sites (tertiary alicyclic amines) is 1. The van der Waals surface area contributed by atoms with Crippen LogP contribution in [0.4, 0.5) is 0 Å². The molecule has 0 aliphatic carbocycles. The van der Waals surface area contributed by atoms with Gasteiger partial charge < -0.3 is 9.64 Å². The molecule has 184 valence electrons. The molecule has 0 radical (unpaired) electrons. The van der Waals surface area contributed by atoms with E-state index in [1.807, 2.05) is 0 Å². The first-order chi connectivity index (χ1) is 16.7. The fourth-order valence-corrected chi connectivity index (χ4v) is 5.75. The van der Waals surface area contributed by atoms with Crippen molar-refractivity contribution < 1.29 is 9.53 Å². The minimum atomic E-state index is 0.123. The number of rotatable bonds is 9. The van der Waals surface area contributed by atoms with Crippen molar-refractivity contribution in [1.82, 2.24) is 9.80 Å². The topological polar surface area (TPSA) is 32.8 Å². The summed E-state index contributed by atoms with van der Waals surface area (Å²) in [6, 6.07) is 20.1. The highest BCUT2D eigenvalue weighted by Crippen LogP contribution is 2.30. The number of carbonyl (C=O) groups excluding carboxylic acids is 1. The third-order valence-corrected chi connectivity index (χ3v) is 7.90. The zero-order chi connectivity index (χ0) is 23.8. The molecule has 4 heteroatoms. The van der Waals surface area contributed by atoms with E-state index in [0.717, 1.165) is 77.9 Å². The maximum absolute atomic E-state index is 13.6. The monoisotopic (exact) mass is 462 g/mol. The third kappa shape index (κ3) is 6.49. The summed E-state index contributed by atoms with van der Waals surface area (Å²) in [5.41, 5.74) is 4.14. The van der Waals surface area contributed by atoms with E-state index < -0.39 is 0 Å². The molecule has 2 aromatic rings. The van der Waals surface area contributed by atoms with Crippen LogP contribution in [0.1, 0.15) is 56.2 Å². The molecule has 2 fully saturated rings. The molecule has 2 aliphatic rings. The zero-order valence-electron chi connectivity index (χ0n) is 21.1. The number of amides is 1. The number of piperidine rings is 1. The maximum atomic E-state index is 13.6. The number of hydrogen-bond acceptors (Lipinski definition) is 3. The fourth-order valence-electron chi connectivity index (χ4n) is 5.75. The van der Waals surface area contributed by atoms with Crippen molar-refractivity contribution in [2.75, 3.05) is 32.8 Å². The van der Waals surface area contributed by atoms with Crippen LogP contribution >= 0.6 is 0 Å². The van der Waals surface area contributed by atoms with E-state index in [2.05, 4.69) is 78.2 Å². The SMILES string of the molecule is CCc1ccc(CN2CCC(C(Cc3ccccc3)N(CC)C(=O)C3CCOCC3)CC2)cc1. The van der Waals surface area contributed by atoms with Crippen molar-refractivity contribution in [3.8, 4) is 0 Å². The summed E-state index contributed by atoms with van der Waals surface area (Å²) in [6.07, 6.45) is 6.08. The molecule has 0 aromatic heterocycles. The number of ether oxygens (including phenoxy) is 1. The van der Waals surface area contributed by atoms with Gasteiger partial charge in [0.2, 0.25) is 5.91 Å². The molecular weight excluding hydrogens is 420 g/mol. The van der Waals surface area contributed by atoms with Crippen LogP contribution < -0.4 is 0 Å². The Labute approximate surface area is 206 Å². The molecule has 2 aliphatic heterocycles. The van der Waals surface area contributed by atoms with Crippen molar-refractivity contribution in [3.63, 3.8) is 0 Å². The highest BCUT2D eigenvalue weighted by Gasteiger charge is 2.35. The minimum absolute atomic E-state index is 0.123. The second kappa shape index (κ2) is 12.5.